The first-order valence-electron chi connectivity index (χ1n) is 35.5. The number of benzene rings is 2. The maximum Gasteiger partial charge on any atom is 0.490 e. The fourth-order valence-corrected chi connectivity index (χ4v) is 17.1. The van der Waals surface area contributed by atoms with Gasteiger partial charge in [0.25, 0.3) is 28.1 Å². The number of aromatic nitrogens is 6. The molecule has 0 aliphatic carbocycles. The van der Waals surface area contributed by atoms with Gasteiger partial charge in [-0.25, -0.2) is 32.9 Å². The second kappa shape index (κ2) is 38.4. The summed E-state index contributed by atoms with van der Waals surface area (Å²) in [6.45, 7) is 32.4. The van der Waals surface area contributed by atoms with Gasteiger partial charge in [0, 0.05) is 60.9 Å². The van der Waals surface area contributed by atoms with Gasteiger partial charge in [-0.05, 0) is 81.0 Å². The zero-order chi connectivity index (χ0) is 85.4. The maximum atomic E-state index is 13.6. The molecule has 3 saturated heterocycles. The van der Waals surface area contributed by atoms with Gasteiger partial charge in [-0.3, -0.25) is 62.8 Å². The van der Waals surface area contributed by atoms with E-state index in [1.54, 1.807) is 58.9 Å². The predicted octanol–water partition coefficient (Wildman–Crippen LogP) is 8.74. The monoisotopic (exact) mass is 1760 g/mol. The third kappa shape index (κ3) is 25.8. The van der Waals surface area contributed by atoms with Crippen molar-refractivity contribution < 1.29 is 114 Å². The zero-order valence-corrected chi connectivity index (χ0v) is 71.7. The summed E-state index contributed by atoms with van der Waals surface area (Å²) < 4.78 is 97.6. The summed E-state index contributed by atoms with van der Waals surface area (Å²) in [7, 11) is -21.2. The number of nitrogens with zero attached hydrogens (tertiary/aromatic N) is 6. The number of H-pyrrole nitrogens is 2. The van der Waals surface area contributed by atoms with Crippen LogP contribution in [0.15, 0.2) is 95.9 Å². The molecule has 113 heavy (non-hydrogen) atoms. The number of aromatic amines is 2. The molecule has 0 spiro atoms. The second-order valence-electron chi connectivity index (χ2n) is 31.6. The van der Waals surface area contributed by atoms with Crippen molar-refractivity contribution in [2.45, 2.75) is 237 Å². The number of hydrogen-bond acceptors (Lipinski definition) is 28. The Morgan fingerprint density at radius 3 is 1.45 bits per heavy atom. The van der Waals surface area contributed by atoms with E-state index >= 15 is 0 Å². The highest BCUT2D eigenvalue weighted by Gasteiger charge is 2.49. The van der Waals surface area contributed by atoms with Crippen LogP contribution in [0.4, 0.5) is 16.2 Å². The van der Waals surface area contributed by atoms with E-state index in [0.29, 0.717) is 23.2 Å². The summed E-state index contributed by atoms with van der Waals surface area (Å²) in [5.74, 6) is -0.403. The number of aliphatic hydroxyl groups excluding tert-OH is 3. The van der Waals surface area contributed by atoms with Gasteiger partial charge in [-0.1, -0.05) is 109 Å². The summed E-state index contributed by atoms with van der Waals surface area (Å²) in [4.78, 5) is 151. The van der Waals surface area contributed by atoms with Crippen molar-refractivity contribution in [2.24, 2.45) is 11.8 Å². The summed E-state index contributed by atoms with van der Waals surface area (Å²) in [6.07, 6.45) is -6.75. The minimum atomic E-state index is -5.77. The largest absolute Gasteiger partial charge is 0.490 e. The SMILES string of the molecule is CC(C)(C)OC(=O)n1c(=O)c(CBr)cn([C@H]2C[C@@H](O[Si](C)(C)C(C)(C)C)[C@@H](CO[Si](C)(C)C(C)(C)C)O2)c1=O.CC(C)C(OCc1cn([C@H]2C[C@@H](O)[C@@H](CO)O2)c(=O)[nH]c1=O)c1ccccc1[N+](=O)[O-].CC(C)C(OCc1cn([C@H]2C[C@@H](O)[C@@H](COP(=O)(O)OP(=O)(O)OP(=O)(O)O)O2)c(=O)[nH]c1=O)c1ccccc1[N+](=O)[O-]. The van der Waals surface area contributed by atoms with Crippen LogP contribution in [0.1, 0.15) is 168 Å². The van der Waals surface area contributed by atoms with Crippen LogP contribution >= 0.6 is 39.4 Å². The number of rotatable bonds is 29. The van der Waals surface area contributed by atoms with E-state index in [0.717, 1.165) is 15.3 Å². The Bertz CT molecular complexity index is 4720. The van der Waals surface area contributed by atoms with E-state index in [4.69, 9.17) is 47.1 Å². The van der Waals surface area contributed by atoms with Crippen molar-refractivity contribution in [3.63, 3.8) is 0 Å². The lowest BCUT2D eigenvalue weighted by atomic mass is 9.97. The number of halogens is 1. The first-order valence-corrected chi connectivity index (χ1v) is 47.0. The molecule has 8 rings (SSSR count). The van der Waals surface area contributed by atoms with Crippen molar-refractivity contribution in [3.05, 3.63) is 178 Å². The van der Waals surface area contributed by atoms with Crippen molar-refractivity contribution in [3.8, 4) is 0 Å². The number of nitro benzene ring substituents is 2. The number of alkyl halides is 1. The molecule has 3 aliphatic rings. The van der Waals surface area contributed by atoms with Crippen molar-refractivity contribution in [1.29, 1.82) is 0 Å². The highest BCUT2D eigenvalue weighted by Crippen LogP contribution is 2.66. The molecule has 0 radical (unpaired) electrons. The van der Waals surface area contributed by atoms with Crippen LogP contribution in [0, 0.1) is 32.1 Å². The quantitative estimate of drug-likeness (QED) is 0.00710. The van der Waals surface area contributed by atoms with Crippen LogP contribution in [0.25, 0.3) is 0 Å². The lowest BCUT2D eigenvalue weighted by molar-refractivity contribution is -0.386. The molecule has 3 aliphatic heterocycles. The Kier molecular flexibility index (Phi) is 32.4. The number of carbonyl (C=O) groups excluding carboxylic acids is 1. The van der Waals surface area contributed by atoms with E-state index in [1.165, 1.54) is 41.2 Å². The summed E-state index contributed by atoms with van der Waals surface area (Å²) in [6, 6.07) is 12.2. The molecule has 5 aromatic rings. The van der Waals surface area contributed by atoms with Crippen molar-refractivity contribution in [2.75, 3.05) is 19.8 Å². The molecule has 632 valence electrons. The van der Waals surface area contributed by atoms with E-state index in [9.17, 15) is 92.6 Å². The fourth-order valence-electron chi connectivity index (χ4n) is 11.3. The number of hydrogen-bond donors (Lipinski definition) is 9. The van der Waals surface area contributed by atoms with E-state index < -0.39 is 177 Å². The number of phosphoric ester groups is 1. The molecule has 0 amide bonds. The average molecular weight is 1760 g/mol. The van der Waals surface area contributed by atoms with Crippen molar-refractivity contribution in [1.82, 2.24) is 28.2 Å². The Hall–Kier alpha value is -6.33. The van der Waals surface area contributed by atoms with E-state index in [1.807, 2.05) is 13.8 Å². The summed E-state index contributed by atoms with van der Waals surface area (Å²) in [5.41, 5.74) is -4.88. The lowest BCUT2D eigenvalue weighted by Crippen LogP contribution is -2.48. The molecule has 2 aromatic carbocycles. The Labute approximate surface area is 658 Å². The van der Waals surface area contributed by atoms with Gasteiger partial charge in [0.05, 0.1) is 95.7 Å². The molecule has 3 fully saturated rings. The molecular weight excluding hydrogens is 1660 g/mol. The van der Waals surface area contributed by atoms with Crippen molar-refractivity contribution >= 4 is 73.5 Å². The summed E-state index contributed by atoms with van der Waals surface area (Å²) >= 11 is 3.31. The lowest BCUT2D eigenvalue weighted by Gasteiger charge is -2.40. The van der Waals surface area contributed by atoms with Crippen LogP contribution in [-0.2, 0) is 82.7 Å². The van der Waals surface area contributed by atoms with Gasteiger partial charge in [0.15, 0.2) is 16.6 Å². The first kappa shape index (κ1) is 95.5. The predicted molar refractivity (Wildman–Crippen MR) is 413 cm³/mol. The summed E-state index contributed by atoms with van der Waals surface area (Å²) in [5, 5.41) is 52.5. The Morgan fingerprint density at radius 1 is 0.619 bits per heavy atom. The van der Waals surface area contributed by atoms with Gasteiger partial charge in [0.2, 0.25) is 0 Å². The number of phosphoric acid groups is 3. The maximum absolute atomic E-state index is 13.6. The van der Waals surface area contributed by atoms with Gasteiger partial charge >= 0.3 is 46.6 Å². The number of nitrogens with one attached hydrogen (secondary N) is 2. The number of nitro groups is 2. The van der Waals surface area contributed by atoms with Crippen LogP contribution in [0.2, 0.25) is 36.3 Å². The van der Waals surface area contributed by atoms with E-state index in [2.05, 4.69) is 107 Å². The van der Waals surface area contributed by atoms with Gasteiger partial charge in [-0.2, -0.15) is 13.2 Å². The third-order valence-electron chi connectivity index (χ3n) is 19.1. The number of carbonyl (C=O) groups is 1. The topological polar surface area (TPSA) is 551 Å². The second-order valence-corrected chi connectivity index (χ2v) is 46.2. The number of ether oxygens (including phenoxy) is 6. The minimum Gasteiger partial charge on any atom is -0.443 e. The molecule has 46 heteroatoms. The molecular formula is C67H102BrN8O32P3Si2. The number of aliphatic hydroxyl groups is 3. The minimum absolute atomic E-state index is 0.0193. The normalized spacial score (nSPS) is 22.0. The smallest absolute Gasteiger partial charge is 0.443 e. The Morgan fingerprint density at radius 2 is 1.04 bits per heavy atom. The molecule has 3 aromatic heterocycles. The molecule has 13 atom stereocenters. The molecule has 9 N–H and O–H groups in total. The molecule has 4 unspecified atom stereocenters. The van der Waals surface area contributed by atoms with Crippen LogP contribution in [0.5, 0.6) is 0 Å². The van der Waals surface area contributed by atoms with Crippen LogP contribution in [0.3, 0.4) is 0 Å². The molecule has 40 nitrogen and oxygen atoms in total. The number of para-hydroxylation sites is 2. The molecule has 6 heterocycles. The standard InChI is InChI=1S/C27H49BrN2O7Si2.C20H28N3O17P3.C20H25N3O8/c1-25(2,3)36-24(33)30-22(31)18(15-28)16-29(23(30)32)21-14-19(37-39(12,13)27(7,8)9)20(35-21)17-34-38(10,11)26(4,5)6;1-11(2)18(13-5-3-4-6-14(13)23(27)28)36-9-12-8-22(20(26)21-19(12)25)17-7-15(24)16(38-17)10-37-42(32,33)40-43(34,35)39-41(29,30)31;1-11(2)18(13-5-3-4-6-14(13)23(28)29)30-10-12-8-22(20(27)21-19(12)26)17-7-15(25)16(9-24)31-17/h16,19-21H,14-15,17H2,1-13H3;3-6,8,11,15-18,24H,7,9-10H2,1-2H3,(H,32,33)(H,34,35)(H,21,25,26)(H2,29,30,31);3-6,8,11,15-18,24-25H,7,9-10H2,1-2H3,(H,21,26,27)/t19-,20-,21-;2*15-,16-,17-,18?/m111/s1. The highest BCUT2D eigenvalue weighted by molar-refractivity contribution is 9.08. The van der Waals surface area contributed by atoms with Crippen LogP contribution < -0.4 is 33.7 Å². The van der Waals surface area contributed by atoms with E-state index in [-0.39, 0.29) is 86.4 Å². The highest BCUT2D eigenvalue weighted by atomic mass is 79.9. The van der Waals surface area contributed by atoms with Gasteiger partial charge < -0.3 is 72.2 Å². The first-order chi connectivity index (χ1) is 51.9. The van der Waals surface area contributed by atoms with Crippen LogP contribution in [-0.4, -0.2) is 158 Å². The zero-order valence-electron chi connectivity index (χ0n) is 65.5. The molecule has 0 bridgehead atoms. The Balaban J connectivity index is 0.000000267. The van der Waals surface area contributed by atoms with Gasteiger partial charge in [0.1, 0.15) is 42.6 Å². The third-order valence-corrected chi connectivity index (χ3v) is 32.5. The fraction of sp³-hybridized carbons (Fsp3) is 0.627. The molecule has 0 saturated carbocycles. The van der Waals surface area contributed by atoms with Gasteiger partial charge in [-0.15, -0.1) is 0 Å². The average Bonchev–Trinajstić information content (AvgIpc) is 1.52.